The van der Waals surface area contributed by atoms with E-state index < -0.39 is 0 Å². The van der Waals surface area contributed by atoms with E-state index in [9.17, 15) is 0 Å². The zero-order valence-corrected chi connectivity index (χ0v) is 14.3. The van der Waals surface area contributed by atoms with Crippen molar-refractivity contribution in [1.29, 1.82) is 0 Å². The average Bonchev–Trinajstić information content (AvgIpc) is 3.20. The van der Waals surface area contributed by atoms with Crippen LogP contribution in [0.15, 0.2) is 30.4 Å². The Balaban J connectivity index is 1.61. The van der Waals surface area contributed by atoms with Gasteiger partial charge in [-0.2, -0.15) is 0 Å². The van der Waals surface area contributed by atoms with Gasteiger partial charge in [-0.05, 0) is 39.8 Å². The molecule has 3 rings (SSSR count). The second kappa shape index (κ2) is 7.08. The lowest BCUT2D eigenvalue weighted by molar-refractivity contribution is 0.223. The van der Waals surface area contributed by atoms with Crippen molar-refractivity contribution < 1.29 is 0 Å². The third-order valence-electron chi connectivity index (χ3n) is 4.80. The first-order valence-corrected chi connectivity index (χ1v) is 8.35. The minimum absolute atomic E-state index is 0.520. The van der Waals surface area contributed by atoms with Crippen LogP contribution in [0.1, 0.15) is 44.3 Å². The maximum absolute atomic E-state index is 4.47. The van der Waals surface area contributed by atoms with Crippen molar-refractivity contribution in [3.63, 3.8) is 0 Å². The molecule has 2 aromatic rings. The number of hydrogen-bond acceptors (Lipinski definition) is 4. The van der Waals surface area contributed by atoms with E-state index in [4.69, 9.17) is 0 Å². The Morgan fingerprint density at radius 2 is 2.09 bits per heavy atom. The van der Waals surface area contributed by atoms with E-state index in [-0.39, 0.29) is 0 Å². The molecular weight excluding hydrogens is 288 g/mol. The number of hydrogen-bond donors (Lipinski definition) is 0. The van der Waals surface area contributed by atoms with Gasteiger partial charge in [0.15, 0.2) is 5.82 Å². The van der Waals surface area contributed by atoms with Crippen LogP contribution in [0.5, 0.6) is 0 Å². The number of imidazole rings is 1. The minimum atomic E-state index is 0.520. The number of piperidine rings is 1. The highest BCUT2D eigenvalue weighted by Gasteiger charge is 2.25. The van der Waals surface area contributed by atoms with Gasteiger partial charge in [-0.25, -0.2) is 4.98 Å². The predicted octanol–water partition coefficient (Wildman–Crippen LogP) is 2.21. The molecule has 0 N–H and O–H groups in total. The molecule has 0 unspecified atom stereocenters. The minimum Gasteiger partial charge on any atom is -0.330 e. The summed E-state index contributed by atoms with van der Waals surface area (Å²) in [5.41, 5.74) is 1.45. The van der Waals surface area contributed by atoms with Crippen LogP contribution in [-0.2, 0) is 13.6 Å². The fraction of sp³-hybridized carbons (Fsp3) is 0.588. The highest BCUT2D eigenvalue weighted by molar-refractivity contribution is 5.05. The summed E-state index contributed by atoms with van der Waals surface area (Å²) in [7, 11) is 2.08. The summed E-state index contributed by atoms with van der Waals surface area (Å²) in [6.07, 6.45) is 10.1. The van der Waals surface area contributed by atoms with E-state index in [1.54, 1.807) is 6.20 Å². The number of allylic oxidation sites excluding steroid dienone is 1. The van der Waals surface area contributed by atoms with Gasteiger partial charge in [-0.3, -0.25) is 4.90 Å². The van der Waals surface area contributed by atoms with Crippen molar-refractivity contribution in [2.24, 2.45) is 7.05 Å². The second-order valence-electron chi connectivity index (χ2n) is 6.45. The summed E-state index contributed by atoms with van der Waals surface area (Å²) in [6.45, 7) is 8.41. The van der Waals surface area contributed by atoms with Crippen molar-refractivity contribution in [3.8, 4) is 0 Å². The first kappa shape index (κ1) is 15.9. The smallest absolute Gasteiger partial charge is 0.152 e. The molecule has 23 heavy (non-hydrogen) atoms. The van der Waals surface area contributed by atoms with Crippen molar-refractivity contribution in [1.82, 2.24) is 29.2 Å². The van der Waals surface area contributed by atoms with Crippen LogP contribution < -0.4 is 0 Å². The van der Waals surface area contributed by atoms with Crippen molar-refractivity contribution in [3.05, 3.63) is 42.0 Å². The molecule has 0 spiro atoms. The summed E-state index contributed by atoms with van der Waals surface area (Å²) in [4.78, 5) is 6.62. The van der Waals surface area contributed by atoms with Gasteiger partial charge in [0.1, 0.15) is 5.82 Å². The molecule has 0 atom stereocenters. The molecule has 0 radical (unpaired) electrons. The molecule has 6 heteroatoms. The third kappa shape index (κ3) is 3.69. The first-order valence-electron chi connectivity index (χ1n) is 8.35. The standard InChI is InChI=1S/C17H26N6/c1-4-14(2)11-22-8-5-15(6-9-22)17-20-19-16(21(17)3)12-23-10-7-18-13-23/h4,7,10,13,15H,5-6,8-9,11-12H2,1-3H3. The van der Waals surface area contributed by atoms with Crippen LogP contribution in [0, 0.1) is 0 Å². The molecule has 0 amide bonds. The Kier molecular flexibility index (Phi) is 4.91. The topological polar surface area (TPSA) is 51.8 Å². The van der Waals surface area contributed by atoms with Gasteiger partial charge in [0.05, 0.1) is 12.9 Å². The second-order valence-corrected chi connectivity index (χ2v) is 6.45. The van der Waals surface area contributed by atoms with Crippen LogP contribution in [0.2, 0.25) is 0 Å². The number of likely N-dealkylation sites (tertiary alicyclic amines) is 1. The van der Waals surface area contributed by atoms with Gasteiger partial charge in [-0.15, -0.1) is 10.2 Å². The zero-order chi connectivity index (χ0) is 16.2. The third-order valence-corrected chi connectivity index (χ3v) is 4.80. The molecule has 0 aliphatic carbocycles. The maximum atomic E-state index is 4.47. The number of rotatable bonds is 5. The van der Waals surface area contributed by atoms with Gasteiger partial charge in [0.25, 0.3) is 0 Å². The van der Waals surface area contributed by atoms with Crippen LogP contribution in [0.3, 0.4) is 0 Å². The molecule has 124 valence electrons. The van der Waals surface area contributed by atoms with Gasteiger partial charge in [-0.1, -0.05) is 11.6 Å². The normalized spacial score (nSPS) is 17.8. The Labute approximate surface area is 137 Å². The summed E-state index contributed by atoms with van der Waals surface area (Å²) in [5.74, 6) is 2.64. The molecule has 3 heterocycles. The van der Waals surface area contributed by atoms with Gasteiger partial charge >= 0.3 is 0 Å². The van der Waals surface area contributed by atoms with E-state index in [1.165, 1.54) is 5.57 Å². The lowest BCUT2D eigenvalue weighted by atomic mass is 9.95. The molecule has 1 aliphatic heterocycles. The van der Waals surface area contributed by atoms with Gasteiger partial charge in [0.2, 0.25) is 0 Å². The summed E-state index contributed by atoms with van der Waals surface area (Å²) in [5, 5.41) is 8.86. The summed E-state index contributed by atoms with van der Waals surface area (Å²) < 4.78 is 4.19. The highest BCUT2D eigenvalue weighted by Crippen LogP contribution is 2.27. The highest BCUT2D eigenvalue weighted by atomic mass is 15.3. The fourth-order valence-corrected chi connectivity index (χ4v) is 3.21. The zero-order valence-electron chi connectivity index (χ0n) is 14.3. The number of nitrogens with zero attached hydrogens (tertiary/aromatic N) is 6. The van der Waals surface area contributed by atoms with Crippen molar-refractivity contribution in [2.45, 2.75) is 39.2 Å². The monoisotopic (exact) mass is 314 g/mol. The van der Waals surface area contributed by atoms with Gasteiger partial charge < -0.3 is 9.13 Å². The molecule has 0 bridgehead atoms. The van der Waals surface area contributed by atoms with Crippen molar-refractivity contribution >= 4 is 0 Å². The molecule has 0 aromatic carbocycles. The average molecular weight is 314 g/mol. The molecule has 0 saturated carbocycles. The van der Waals surface area contributed by atoms with Gasteiger partial charge in [0, 0.05) is 31.9 Å². The lowest BCUT2D eigenvalue weighted by Gasteiger charge is -2.31. The Bertz CT molecular complexity index is 647. The van der Waals surface area contributed by atoms with E-state index in [0.717, 1.165) is 50.7 Å². The molecular formula is C17H26N6. The van der Waals surface area contributed by atoms with E-state index in [1.807, 2.05) is 17.1 Å². The largest absolute Gasteiger partial charge is 0.330 e. The molecule has 2 aromatic heterocycles. The Morgan fingerprint density at radius 3 is 2.74 bits per heavy atom. The SMILES string of the molecule is CC=C(C)CN1CCC(c2nnc(Cn3ccnc3)n2C)CC1. The first-order chi connectivity index (χ1) is 11.2. The van der Waals surface area contributed by atoms with E-state index in [0.29, 0.717) is 5.92 Å². The quantitative estimate of drug-likeness (QED) is 0.794. The summed E-state index contributed by atoms with van der Waals surface area (Å²) >= 11 is 0. The predicted molar refractivity (Wildman–Crippen MR) is 90.2 cm³/mol. The lowest BCUT2D eigenvalue weighted by Crippen LogP contribution is -2.34. The van der Waals surface area contributed by atoms with Crippen LogP contribution in [0.25, 0.3) is 0 Å². The molecule has 6 nitrogen and oxygen atoms in total. The van der Waals surface area contributed by atoms with E-state index in [2.05, 4.69) is 51.6 Å². The maximum Gasteiger partial charge on any atom is 0.152 e. The van der Waals surface area contributed by atoms with Crippen LogP contribution >= 0.6 is 0 Å². The van der Waals surface area contributed by atoms with Crippen molar-refractivity contribution in [2.75, 3.05) is 19.6 Å². The summed E-state index contributed by atoms with van der Waals surface area (Å²) in [6, 6.07) is 0. The molecule has 1 saturated heterocycles. The van der Waals surface area contributed by atoms with Crippen LogP contribution in [0.4, 0.5) is 0 Å². The fourth-order valence-electron chi connectivity index (χ4n) is 3.21. The van der Waals surface area contributed by atoms with Crippen LogP contribution in [-0.4, -0.2) is 48.8 Å². The van der Waals surface area contributed by atoms with E-state index >= 15 is 0 Å². The number of aromatic nitrogens is 5. The Hall–Kier alpha value is -1.95. The molecule has 1 fully saturated rings. The Morgan fingerprint density at radius 1 is 1.30 bits per heavy atom. The molecule has 1 aliphatic rings.